The molecule has 0 bridgehead atoms. The summed E-state index contributed by atoms with van der Waals surface area (Å²) in [5.74, 6) is -1.40. The highest BCUT2D eigenvalue weighted by Crippen LogP contribution is 2.39. The Morgan fingerprint density at radius 3 is 2.50 bits per heavy atom. The number of hydrogen-bond acceptors (Lipinski definition) is 6. The van der Waals surface area contributed by atoms with Gasteiger partial charge in [-0.2, -0.15) is 17.9 Å². The Balaban J connectivity index is 1.97. The molecule has 1 aliphatic heterocycles. The van der Waals surface area contributed by atoms with Crippen LogP contribution in [-0.2, 0) is 14.8 Å². The molecular weight excluding hydrogens is 469 g/mol. The maximum Gasteiger partial charge on any atom is 0.426 e. The van der Waals surface area contributed by atoms with E-state index in [-0.39, 0.29) is 27.4 Å². The largest absolute Gasteiger partial charge is 0.426 e. The van der Waals surface area contributed by atoms with Crippen LogP contribution in [0, 0.1) is 5.92 Å². The molecule has 0 spiro atoms. The fourth-order valence-corrected chi connectivity index (χ4v) is 5.14. The number of carbonyl (C=O) groups excluding carboxylic acids is 1. The molecule has 164 valence electrons. The number of thiazole rings is 1. The second kappa shape index (κ2) is 8.67. The summed E-state index contributed by atoms with van der Waals surface area (Å²) in [6.07, 6.45) is -4.10. The monoisotopic (exact) mass is 484 g/mol. The fraction of sp³-hybridized carbons (Fsp3) is 0.375. The highest BCUT2D eigenvalue weighted by atomic mass is 35.5. The van der Waals surface area contributed by atoms with Crippen LogP contribution >= 0.6 is 22.9 Å². The summed E-state index contributed by atoms with van der Waals surface area (Å²) in [5.41, 5.74) is -3.32. The quantitative estimate of drug-likeness (QED) is 0.545. The number of carbonyl (C=O) groups is 1. The SMILES string of the molecule is O=C(Nc1ncc(Cl)s1)NC(NS(=O)(=O)c1ccccc1)(C1CCOC1)C(F)(F)F. The highest BCUT2D eigenvalue weighted by Gasteiger charge is 2.63. The van der Waals surface area contributed by atoms with Gasteiger partial charge in [0.1, 0.15) is 4.34 Å². The van der Waals surface area contributed by atoms with Crippen LogP contribution in [0.25, 0.3) is 0 Å². The molecule has 1 aromatic heterocycles. The molecule has 2 heterocycles. The molecule has 1 aromatic carbocycles. The van der Waals surface area contributed by atoms with Crippen molar-refractivity contribution in [1.29, 1.82) is 0 Å². The van der Waals surface area contributed by atoms with Crippen molar-refractivity contribution in [3.63, 3.8) is 0 Å². The van der Waals surface area contributed by atoms with Crippen LogP contribution in [0.2, 0.25) is 4.34 Å². The zero-order valence-corrected chi connectivity index (χ0v) is 17.5. The normalized spacial score (nSPS) is 19.3. The summed E-state index contributed by atoms with van der Waals surface area (Å²) in [6.45, 7) is -0.416. The van der Waals surface area contributed by atoms with Crippen LogP contribution in [-0.4, -0.2) is 44.5 Å². The second-order valence-corrected chi connectivity index (χ2v) is 9.68. The number of sulfonamides is 1. The van der Waals surface area contributed by atoms with Gasteiger partial charge in [0.2, 0.25) is 15.7 Å². The van der Waals surface area contributed by atoms with Crippen molar-refractivity contribution in [2.24, 2.45) is 5.92 Å². The Labute approximate surface area is 178 Å². The van der Waals surface area contributed by atoms with E-state index in [9.17, 15) is 26.4 Å². The van der Waals surface area contributed by atoms with E-state index in [0.717, 1.165) is 23.5 Å². The minimum Gasteiger partial charge on any atom is -0.381 e. The van der Waals surface area contributed by atoms with E-state index in [1.165, 1.54) is 24.4 Å². The molecule has 0 radical (unpaired) electrons. The van der Waals surface area contributed by atoms with E-state index >= 15 is 0 Å². The second-order valence-electron chi connectivity index (χ2n) is 6.33. The molecule has 3 N–H and O–H groups in total. The number of rotatable bonds is 6. The minimum absolute atomic E-state index is 0.0129. The first-order chi connectivity index (χ1) is 14.0. The lowest BCUT2D eigenvalue weighted by atomic mass is 9.91. The molecule has 1 fully saturated rings. The van der Waals surface area contributed by atoms with Crippen molar-refractivity contribution in [3.05, 3.63) is 40.9 Å². The van der Waals surface area contributed by atoms with E-state index in [1.54, 1.807) is 10.0 Å². The lowest BCUT2D eigenvalue weighted by Gasteiger charge is -2.40. The van der Waals surface area contributed by atoms with Crippen LogP contribution in [0.5, 0.6) is 0 Å². The first-order valence-corrected chi connectivity index (χ1v) is 11.2. The Kier molecular flexibility index (Phi) is 6.57. The molecule has 1 aliphatic rings. The third kappa shape index (κ3) is 4.86. The van der Waals surface area contributed by atoms with Crippen LogP contribution in [0.3, 0.4) is 0 Å². The first-order valence-electron chi connectivity index (χ1n) is 8.47. The topological polar surface area (TPSA) is 109 Å². The summed E-state index contributed by atoms with van der Waals surface area (Å²) in [7, 11) is -4.66. The number of halogens is 4. The van der Waals surface area contributed by atoms with E-state index in [0.29, 0.717) is 0 Å². The molecule has 0 saturated carbocycles. The molecule has 2 amide bonds. The molecule has 3 rings (SSSR count). The first kappa shape index (κ1) is 22.7. The van der Waals surface area contributed by atoms with E-state index in [2.05, 4.69) is 10.3 Å². The van der Waals surface area contributed by atoms with Crippen molar-refractivity contribution >= 4 is 44.1 Å². The molecule has 30 heavy (non-hydrogen) atoms. The lowest BCUT2D eigenvalue weighted by molar-refractivity contribution is -0.213. The number of nitrogens with one attached hydrogen (secondary N) is 3. The molecule has 2 aromatic rings. The third-order valence-corrected chi connectivity index (χ3v) is 6.86. The smallest absolute Gasteiger partial charge is 0.381 e. The molecule has 0 aliphatic carbocycles. The van der Waals surface area contributed by atoms with Gasteiger partial charge in [-0.05, 0) is 18.6 Å². The molecule has 14 heteroatoms. The van der Waals surface area contributed by atoms with Crippen LogP contribution < -0.4 is 15.4 Å². The Bertz CT molecular complexity index is 997. The number of anilines is 1. The molecule has 1 saturated heterocycles. The van der Waals surface area contributed by atoms with Gasteiger partial charge >= 0.3 is 12.2 Å². The summed E-state index contributed by atoms with van der Waals surface area (Å²) < 4.78 is 75.4. The van der Waals surface area contributed by atoms with E-state index < -0.39 is 40.4 Å². The highest BCUT2D eigenvalue weighted by molar-refractivity contribution is 7.89. The predicted molar refractivity (Wildman–Crippen MR) is 104 cm³/mol. The molecule has 8 nitrogen and oxygen atoms in total. The Morgan fingerprint density at radius 1 is 1.27 bits per heavy atom. The van der Waals surface area contributed by atoms with Gasteiger partial charge in [-0.15, -0.1) is 0 Å². The number of urea groups is 1. The van der Waals surface area contributed by atoms with Gasteiger partial charge in [-0.25, -0.2) is 18.2 Å². The molecule has 2 unspecified atom stereocenters. The molecular formula is C16H16ClF3N4O4S2. The third-order valence-electron chi connectivity index (χ3n) is 4.35. The maximum absolute atomic E-state index is 14.3. The minimum atomic E-state index is -5.19. The zero-order valence-electron chi connectivity index (χ0n) is 15.1. The number of nitrogens with zero attached hydrogens (tertiary/aromatic N) is 1. The number of amides is 2. The van der Waals surface area contributed by atoms with Crippen LogP contribution in [0.15, 0.2) is 41.4 Å². The van der Waals surface area contributed by atoms with E-state index in [4.69, 9.17) is 16.3 Å². The van der Waals surface area contributed by atoms with Crippen molar-refractivity contribution < 1.29 is 31.1 Å². The average Bonchev–Trinajstić information content (AvgIpc) is 3.33. The molecule has 2 atom stereocenters. The standard InChI is InChI=1S/C16H16ClF3N4O4S2/c17-12-8-21-14(29-12)22-13(25)23-15(16(18,19)20,10-6-7-28-9-10)24-30(26,27)11-4-2-1-3-5-11/h1-5,8,10,24H,6-7,9H2,(H2,21,22,23,25). The summed E-state index contributed by atoms with van der Waals surface area (Å²) in [6, 6.07) is 5.24. The van der Waals surface area contributed by atoms with Gasteiger partial charge in [-0.1, -0.05) is 41.1 Å². The predicted octanol–water partition coefficient (Wildman–Crippen LogP) is 3.19. The lowest BCUT2D eigenvalue weighted by Crippen LogP contribution is -2.73. The summed E-state index contributed by atoms with van der Waals surface area (Å²) >= 11 is 6.53. The van der Waals surface area contributed by atoms with Gasteiger partial charge in [0, 0.05) is 12.5 Å². The van der Waals surface area contributed by atoms with Gasteiger partial charge < -0.3 is 10.1 Å². The zero-order chi connectivity index (χ0) is 22.0. The number of aromatic nitrogens is 1. The number of hydrogen-bond donors (Lipinski definition) is 3. The van der Waals surface area contributed by atoms with Crippen LogP contribution in [0.1, 0.15) is 6.42 Å². The Hall–Kier alpha value is -1.93. The summed E-state index contributed by atoms with van der Waals surface area (Å²) in [5, 5.41) is 3.86. The van der Waals surface area contributed by atoms with Crippen molar-refractivity contribution in [3.8, 4) is 0 Å². The average molecular weight is 485 g/mol. The van der Waals surface area contributed by atoms with Gasteiger partial charge in [0.05, 0.1) is 17.7 Å². The van der Waals surface area contributed by atoms with Crippen molar-refractivity contribution in [2.75, 3.05) is 18.5 Å². The van der Waals surface area contributed by atoms with Gasteiger partial charge in [-0.3, -0.25) is 5.32 Å². The van der Waals surface area contributed by atoms with Gasteiger partial charge in [0.15, 0.2) is 5.13 Å². The van der Waals surface area contributed by atoms with Crippen molar-refractivity contribution in [2.45, 2.75) is 23.2 Å². The number of alkyl halides is 3. The number of benzene rings is 1. The maximum atomic E-state index is 14.3. The Morgan fingerprint density at radius 2 is 1.97 bits per heavy atom. The van der Waals surface area contributed by atoms with Gasteiger partial charge in [0.25, 0.3) is 0 Å². The fourth-order valence-electron chi connectivity index (χ4n) is 2.94. The van der Waals surface area contributed by atoms with Crippen molar-refractivity contribution in [1.82, 2.24) is 15.0 Å². The van der Waals surface area contributed by atoms with Crippen LogP contribution in [0.4, 0.5) is 23.1 Å². The number of ether oxygens (including phenoxy) is 1. The van der Waals surface area contributed by atoms with E-state index in [1.807, 2.05) is 0 Å². The summed E-state index contributed by atoms with van der Waals surface area (Å²) in [4.78, 5) is 15.7.